The van der Waals surface area contributed by atoms with Gasteiger partial charge in [0.15, 0.2) is 0 Å². The minimum absolute atomic E-state index is 0.252. The summed E-state index contributed by atoms with van der Waals surface area (Å²) in [6, 6.07) is 2.74. The third-order valence-corrected chi connectivity index (χ3v) is 2.14. The molecule has 0 aromatic heterocycles. The first-order chi connectivity index (χ1) is 9.53. The van der Waals surface area contributed by atoms with Gasteiger partial charge in [-0.3, -0.25) is 14.8 Å². The highest BCUT2D eigenvalue weighted by Gasteiger charge is 2.21. The Balaban J connectivity index is 0. The van der Waals surface area contributed by atoms with E-state index in [4.69, 9.17) is 10.5 Å². The van der Waals surface area contributed by atoms with Crippen LogP contribution < -0.4 is 5.32 Å². The van der Waals surface area contributed by atoms with Gasteiger partial charge in [-0.1, -0.05) is 37.0 Å². The van der Waals surface area contributed by atoms with Gasteiger partial charge in [0, 0.05) is 15.9 Å². The zero-order valence-corrected chi connectivity index (χ0v) is 16.9. The second-order valence-electron chi connectivity index (χ2n) is 4.72. The highest BCUT2D eigenvalue weighted by atomic mass is 31.1. The summed E-state index contributed by atoms with van der Waals surface area (Å²) in [4.78, 5) is 19.0. The molecule has 0 rings (SSSR count). The molecule has 0 spiro atoms. The molecular weight excluding hydrogens is 342 g/mol. The molecule has 0 saturated carbocycles. The van der Waals surface area contributed by atoms with Gasteiger partial charge in [-0.2, -0.15) is 10.5 Å². The van der Waals surface area contributed by atoms with Crippen molar-refractivity contribution in [2.45, 2.75) is 32.4 Å². The molecule has 1 amide bonds. The molecule has 0 aromatic carbocycles. The predicted octanol–water partition coefficient (Wildman–Crippen LogP) is 1.52. The van der Waals surface area contributed by atoms with Gasteiger partial charge in [-0.25, -0.2) is 0 Å². The molecular formula is C11H21N5OP4. The average molecular weight is 363 g/mol. The first-order valence-electron chi connectivity index (χ1n) is 5.76. The molecule has 0 aromatic rings. The van der Waals surface area contributed by atoms with Crippen LogP contribution in [0.4, 0.5) is 0 Å². The van der Waals surface area contributed by atoms with Crippen molar-refractivity contribution in [1.29, 1.82) is 10.5 Å². The van der Waals surface area contributed by atoms with Gasteiger partial charge >= 0.3 is 0 Å². The molecule has 5 unspecified atom stereocenters. The number of aliphatic imine (C=N–C) groups is 2. The smallest absolute Gasteiger partial charge is 0.259 e. The van der Waals surface area contributed by atoms with Gasteiger partial charge in [0.05, 0.1) is 12.1 Å². The van der Waals surface area contributed by atoms with Crippen molar-refractivity contribution in [3.05, 3.63) is 0 Å². The van der Waals surface area contributed by atoms with Crippen molar-refractivity contribution in [2.75, 3.05) is 6.54 Å². The first-order valence-corrected chi connectivity index (χ1v) is 8.07. The Morgan fingerprint density at radius 1 is 1.19 bits per heavy atom. The molecule has 0 heterocycles. The standard InChI is InChI=1S/C8H15N3OP2.C3H6N2P2/c1-8(2,3)11-6(12)5(4-9)10-7(13)14;4-1-2-5-3(6)7/h5H,13-14H2,1-3H3,(H,11,12);2,6-7H2. The van der Waals surface area contributed by atoms with Gasteiger partial charge in [0.1, 0.15) is 6.54 Å². The number of carbonyl (C=O) groups excluding carboxylic acids is 1. The maximum Gasteiger partial charge on any atom is 0.259 e. The summed E-state index contributed by atoms with van der Waals surface area (Å²) < 4.78 is 0. The van der Waals surface area contributed by atoms with E-state index in [1.54, 1.807) is 0 Å². The largest absolute Gasteiger partial charge is 0.349 e. The Morgan fingerprint density at radius 2 is 1.71 bits per heavy atom. The Morgan fingerprint density at radius 3 is 1.95 bits per heavy atom. The average Bonchev–Trinajstić information content (AvgIpc) is 2.31. The van der Waals surface area contributed by atoms with E-state index < -0.39 is 6.04 Å². The van der Waals surface area contributed by atoms with Crippen molar-refractivity contribution in [3.8, 4) is 12.1 Å². The Bertz CT molecular complexity index is 476. The van der Waals surface area contributed by atoms with Crippen LogP contribution in [0.3, 0.4) is 0 Å². The van der Waals surface area contributed by atoms with Gasteiger partial charge in [0.25, 0.3) is 5.91 Å². The molecule has 0 radical (unpaired) electrons. The number of amides is 1. The lowest BCUT2D eigenvalue weighted by Crippen LogP contribution is -2.45. The second kappa shape index (κ2) is 12.1. The molecule has 0 saturated heterocycles. The van der Waals surface area contributed by atoms with Crippen LogP contribution in [-0.2, 0) is 4.79 Å². The van der Waals surface area contributed by atoms with Gasteiger partial charge in [0.2, 0.25) is 6.04 Å². The Hall–Kier alpha value is -0.490. The number of hydrogen-bond donors (Lipinski definition) is 1. The number of carbonyl (C=O) groups is 1. The Labute approximate surface area is 135 Å². The third-order valence-electron chi connectivity index (χ3n) is 1.48. The van der Waals surface area contributed by atoms with Crippen LogP contribution in [0.2, 0.25) is 0 Å². The van der Waals surface area contributed by atoms with Gasteiger partial charge in [-0.05, 0) is 20.8 Å². The number of rotatable bonds is 3. The minimum atomic E-state index is -0.973. The Kier molecular flexibility index (Phi) is 13.1. The van der Waals surface area contributed by atoms with Crippen molar-refractivity contribution in [2.24, 2.45) is 9.98 Å². The quantitative estimate of drug-likeness (QED) is 0.467. The SMILES string of the molecule is CC(C)(C)NC(=O)C(C#N)N=C(P)P.N#CCN=C(P)P. The summed E-state index contributed by atoms with van der Waals surface area (Å²) in [7, 11) is 9.36. The van der Waals surface area contributed by atoms with E-state index in [1.807, 2.05) is 32.9 Å². The van der Waals surface area contributed by atoms with E-state index in [-0.39, 0.29) is 18.0 Å². The number of nitrogens with one attached hydrogen (secondary N) is 1. The lowest BCUT2D eigenvalue weighted by molar-refractivity contribution is -0.122. The van der Waals surface area contributed by atoms with Gasteiger partial charge in [-0.15, -0.1) is 0 Å². The normalized spacial score (nSPS) is 10.7. The molecule has 6 nitrogen and oxygen atoms in total. The lowest BCUT2D eigenvalue weighted by atomic mass is 10.1. The fourth-order valence-electron chi connectivity index (χ4n) is 0.860. The monoisotopic (exact) mass is 363 g/mol. The van der Waals surface area contributed by atoms with Crippen molar-refractivity contribution < 1.29 is 4.79 Å². The van der Waals surface area contributed by atoms with Crippen LogP contribution in [0.5, 0.6) is 0 Å². The topological polar surface area (TPSA) is 101 Å². The molecule has 0 aliphatic carbocycles. The fourth-order valence-corrected chi connectivity index (χ4v) is 1.34. The van der Waals surface area contributed by atoms with Gasteiger partial charge < -0.3 is 5.32 Å². The molecule has 21 heavy (non-hydrogen) atoms. The van der Waals surface area contributed by atoms with E-state index in [0.717, 1.165) is 5.19 Å². The zero-order valence-electron chi connectivity index (χ0n) is 12.3. The fraction of sp³-hybridized carbons (Fsp3) is 0.545. The van der Waals surface area contributed by atoms with Crippen LogP contribution in [0.1, 0.15) is 20.8 Å². The first kappa shape index (κ1) is 22.8. The molecule has 10 heteroatoms. The summed E-state index contributed by atoms with van der Waals surface area (Å²) in [5.74, 6) is -0.373. The second-order valence-corrected chi connectivity index (χ2v) is 8.42. The highest BCUT2D eigenvalue weighted by molar-refractivity contribution is 7.70. The summed E-state index contributed by atoms with van der Waals surface area (Å²) in [6.07, 6.45) is 0. The number of hydrogen-bond acceptors (Lipinski definition) is 5. The lowest BCUT2D eigenvalue weighted by Gasteiger charge is -2.21. The summed E-state index contributed by atoms with van der Waals surface area (Å²) in [6.45, 7) is 5.81. The maximum atomic E-state index is 11.5. The zero-order chi connectivity index (χ0) is 17.1. The molecule has 1 N–H and O–H groups in total. The summed E-state index contributed by atoms with van der Waals surface area (Å²) in [5.41, 5.74) is -0.344. The van der Waals surface area contributed by atoms with E-state index in [9.17, 15) is 4.79 Å². The predicted molar refractivity (Wildman–Crippen MR) is 101 cm³/mol. The van der Waals surface area contributed by atoms with Crippen LogP contribution >= 0.6 is 37.0 Å². The van der Waals surface area contributed by atoms with Crippen LogP contribution in [0.15, 0.2) is 9.98 Å². The minimum Gasteiger partial charge on any atom is -0.349 e. The maximum absolute atomic E-state index is 11.5. The van der Waals surface area contributed by atoms with Crippen LogP contribution in [-0.4, -0.2) is 34.4 Å². The molecule has 5 atom stereocenters. The van der Waals surface area contributed by atoms with Crippen molar-refractivity contribution in [3.63, 3.8) is 0 Å². The van der Waals surface area contributed by atoms with Crippen molar-refractivity contribution >= 4 is 53.3 Å². The molecule has 0 aliphatic heterocycles. The van der Waals surface area contributed by atoms with Crippen LogP contribution in [0.25, 0.3) is 0 Å². The molecule has 0 fully saturated rings. The van der Waals surface area contributed by atoms with E-state index >= 15 is 0 Å². The third kappa shape index (κ3) is 17.5. The summed E-state index contributed by atoms with van der Waals surface area (Å²) in [5, 5.41) is 20.7. The number of nitrogens with zero attached hydrogens (tertiary/aromatic N) is 4. The number of nitriles is 2. The van der Waals surface area contributed by atoms with Crippen LogP contribution in [0, 0.1) is 22.7 Å². The molecule has 116 valence electrons. The summed E-state index contributed by atoms with van der Waals surface area (Å²) >= 11 is 0. The molecule has 0 aliphatic rings. The van der Waals surface area contributed by atoms with E-state index in [2.05, 4.69) is 52.3 Å². The van der Waals surface area contributed by atoms with Crippen molar-refractivity contribution in [1.82, 2.24) is 5.32 Å². The molecule has 0 bridgehead atoms. The highest BCUT2D eigenvalue weighted by Crippen LogP contribution is 2.05. The van der Waals surface area contributed by atoms with E-state index in [1.165, 1.54) is 0 Å². The van der Waals surface area contributed by atoms with E-state index in [0.29, 0.717) is 5.19 Å².